The molecule has 0 heterocycles. The summed E-state index contributed by atoms with van der Waals surface area (Å²) in [6, 6.07) is 0. The van der Waals surface area contributed by atoms with Gasteiger partial charge in [0.15, 0.2) is 0 Å². The molecule has 1 N–H and O–H groups in total. The molecule has 0 aromatic rings. The lowest BCUT2D eigenvalue weighted by Gasteiger charge is -1.99. The standard InChI is InChI=1S/C6H10I2O/c7-4-1-2-6(8)3-5-9/h3,5-6,9H,1-2,4H2. The van der Waals surface area contributed by atoms with E-state index in [1.54, 1.807) is 0 Å². The Kier molecular flexibility index (Phi) is 7.90. The summed E-state index contributed by atoms with van der Waals surface area (Å²) in [5.74, 6) is 0. The Morgan fingerprint density at radius 2 is 2.22 bits per heavy atom. The molecule has 0 aromatic heterocycles. The molecule has 0 aromatic carbocycles. The fraction of sp³-hybridized carbons (Fsp3) is 0.667. The van der Waals surface area contributed by atoms with Crippen LogP contribution in [0.5, 0.6) is 0 Å². The van der Waals surface area contributed by atoms with Crippen LogP contribution in [0.25, 0.3) is 0 Å². The fourth-order valence-electron chi connectivity index (χ4n) is 0.462. The van der Waals surface area contributed by atoms with Crippen molar-refractivity contribution in [1.82, 2.24) is 0 Å². The molecular weight excluding hydrogens is 342 g/mol. The molecule has 3 heteroatoms. The van der Waals surface area contributed by atoms with E-state index in [2.05, 4.69) is 45.2 Å². The van der Waals surface area contributed by atoms with Gasteiger partial charge in [-0.1, -0.05) is 45.2 Å². The van der Waals surface area contributed by atoms with Crippen molar-refractivity contribution >= 4 is 45.2 Å². The first-order valence-electron chi connectivity index (χ1n) is 2.82. The molecule has 0 spiro atoms. The van der Waals surface area contributed by atoms with Gasteiger partial charge in [-0.25, -0.2) is 0 Å². The topological polar surface area (TPSA) is 20.2 Å². The molecule has 0 saturated carbocycles. The summed E-state index contributed by atoms with van der Waals surface area (Å²) >= 11 is 4.67. The maximum Gasteiger partial charge on any atom is 0.0762 e. The van der Waals surface area contributed by atoms with E-state index in [1.165, 1.54) is 17.3 Å². The van der Waals surface area contributed by atoms with E-state index < -0.39 is 0 Å². The van der Waals surface area contributed by atoms with Gasteiger partial charge in [0.1, 0.15) is 0 Å². The van der Waals surface area contributed by atoms with Crippen LogP contribution < -0.4 is 0 Å². The summed E-state index contributed by atoms with van der Waals surface area (Å²) in [7, 11) is 0. The molecule has 54 valence electrons. The lowest BCUT2D eigenvalue weighted by atomic mass is 10.2. The summed E-state index contributed by atoms with van der Waals surface area (Å²) < 4.78 is 1.71. The Bertz CT molecular complexity index is 83.1. The van der Waals surface area contributed by atoms with Gasteiger partial charge in [0, 0.05) is 3.92 Å². The predicted molar refractivity (Wildman–Crippen MR) is 57.7 cm³/mol. The van der Waals surface area contributed by atoms with Gasteiger partial charge in [-0.05, 0) is 23.3 Å². The Morgan fingerprint density at radius 1 is 1.56 bits per heavy atom. The van der Waals surface area contributed by atoms with Crippen LogP contribution in [0.15, 0.2) is 12.3 Å². The van der Waals surface area contributed by atoms with E-state index in [1.807, 2.05) is 6.08 Å². The minimum Gasteiger partial charge on any atom is -0.516 e. The van der Waals surface area contributed by atoms with E-state index >= 15 is 0 Å². The third-order valence-electron chi connectivity index (χ3n) is 0.908. The average Bonchev–Trinajstić information content (AvgIpc) is 1.85. The minimum atomic E-state index is 0.502. The molecule has 0 rings (SSSR count). The first-order valence-corrected chi connectivity index (χ1v) is 5.59. The number of rotatable bonds is 4. The highest BCUT2D eigenvalue weighted by Crippen LogP contribution is 2.10. The van der Waals surface area contributed by atoms with Crippen molar-refractivity contribution in [2.24, 2.45) is 0 Å². The summed E-state index contributed by atoms with van der Waals surface area (Å²) in [5, 5.41) is 8.35. The lowest BCUT2D eigenvalue weighted by Crippen LogP contribution is -1.91. The van der Waals surface area contributed by atoms with Gasteiger partial charge in [0.25, 0.3) is 0 Å². The quantitative estimate of drug-likeness (QED) is 0.469. The average molecular weight is 352 g/mol. The van der Waals surface area contributed by atoms with Crippen molar-refractivity contribution in [3.05, 3.63) is 12.3 Å². The number of halogens is 2. The van der Waals surface area contributed by atoms with Crippen molar-refractivity contribution in [1.29, 1.82) is 0 Å². The van der Waals surface area contributed by atoms with Crippen LogP contribution in [0.2, 0.25) is 0 Å². The Balaban J connectivity index is 3.15. The van der Waals surface area contributed by atoms with Crippen LogP contribution in [0.4, 0.5) is 0 Å². The zero-order valence-corrected chi connectivity index (χ0v) is 9.37. The minimum absolute atomic E-state index is 0.502. The summed E-state index contributed by atoms with van der Waals surface area (Å²) in [6.07, 6.45) is 5.34. The maximum atomic E-state index is 8.35. The first-order chi connectivity index (χ1) is 4.31. The van der Waals surface area contributed by atoms with Gasteiger partial charge >= 0.3 is 0 Å². The highest BCUT2D eigenvalue weighted by atomic mass is 127. The van der Waals surface area contributed by atoms with E-state index in [0.29, 0.717) is 3.92 Å². The number of allylic oxidation sites excluding steroid dienone is 1. The van der Waals surface area contributed by atoms with Gasteiger partial charge in [-0.15, -0.1) is 0 Å². The molecule has 0 radical (unpaired) electrons. The molecule has 0 aliphatic rings. The summed E-state index contributed by atoms with van der Waals surface area (Å²) in [6.45, 7) is 0. The maximum absolute atomic E-state index is 8.35. The Hall–Kier alpha value is 1.00. The molecule has 0 amide bonds. The molecule has 0 bridgehead atoms. The molecule has 1 unspecified atom stereocenters. The van der Waals surface area contributed by atoms with Crippen molar-refractivity contribution in [2.75, 3.05) is 4.43 Å². The van der Waals surface area contributed by atoms with Gasteiger partial charge < -0.3 is 5.11 Å². The predicted octanol–water partition coefficient (Wildman–Crippen LogP) is 3.08. The SMILES string of the molecule is OC=CC(I)CCCI. The number of hydrogen-bond acceptors (Lipinski definition) is 1. The fourth-order valence-corrected chi connectivity index (χ4v) is 1.53. The van der Waals surface area contributed by atoms with Gasteiger partial charge in [0.05, 0.1) is 6.26 Å². The zero-order chi connectivity index (χ0) is 7.11. The largest absolute Gasteiger partial charge is 0.516 e. The monoisotopic (exact) mass is 352 g/mol. The molecule has 0 aliphatic carbocycles. The molecule has 0 fully saturated rings. The number of aliphatic hydroxyl groups excluding tert-OH is 1. The lowest BCUT2D eigenvalue weighted by molar-refractivity contribution is 0.471. The first kappa shape index (κ1) is 10.0. The summed E-state index contributed by atoms with van der Waals surface area (Å²) in [4.78, 5) is 0. The van der Waals surface area contributed by atoms with Gasteiger partial charge in [-0.3, -0.25) is 0 Å². The molecule has 0 aliphatic heterocycles. The van der Waals surface area contributed by atoms with E-state index in [0.717, 1.165) is 6.26 Å². The number of alkyl halides is 2. The van der Waals surface area contributed by atoms with Crippen molar-refractivity contribution in [3.8, 4) is 0 Å². The molecule has 9 heavy (non-hydrogen) atoms. The van der Waals surface area contributed by atoms with E-state index in [9.17, 15) is 0 Å². The molecular formula is C6H10I2O. The zero-order valence-electron chi connectivity index (χ0n) is 5.06. The van der Waals surface area contributed by atoms with Crippen molar-refractivity contribution < 1.29 is 5.11 Å². The van der Waals surface area contributed by atoms with E-state index in [4.69, 9.17) is 5.11 Å². The van der Waals surface area contributed by atoms with Crippen LogP contribution in [-0.4, -0.2) is 13.5 Å². The Labute approximate surface area is 83.2 Å². The van der Waals surface area contributed by atoms with Gasteiger partial charge in [0.2, 0.25) is 0 Å². The third-order valence-corrected chi connectivity index (χ3v) is 2.71. The number of aliphatic hydroxyl groups is 1. The Morgan fingerprint density at radius 3 is 2.67 bits per heavy atom. The molecule has 0 saturated heterocycles. The van der Waals surface area contributed by atoms with Crippen molar-refractivity contribution in [3.63, 3.8) is 0 Å². The second-order valence-electron chi connectivity index (χ2n) is 1.69. The van der Waals surface area contributed by atoms with E-state index in [-0.39, 0.29) is 0 Å². The van der Waals surface area contributed by atoms with Crippen LogP contribution >= 0.6 is 45.2 Å². The van der Waals surface area contributed by atoms with Crippen LogP contribution in [0.1, 0.15) is 12.8 Å². The molecule has 1 nitrogen and oxygen atoms in total. The highest BCUT2D eigenvalue weighted by Gasteiger charge is 1.95. The second-order valence-corrected chi connectivity index (χ2v) is 4.37. The summed E-state index contributed by atoms with van der Waals surface area (Å²) in [5.41, 5.74) is 0. The van der Waals surface area contributed by atoms with Crippen LogP contribution in [0, 0.1) is 0 Å². The highest BCUT2D eigenvalue weighted by molar-refractivity contribution is 14.1. The van der Waals surface area contributed by atoms with Crippen LogP contribution in [0.3, 0.4) is 0 Å². The normalized spacial score (nSPS) is 14.4. The van der Waals surface area contributed by atoms with Gasteiger partial charge in [-0.2, -0.15) is 0 Å². The van der Waals surface area contributed by atoms with Crippen LogP contribution in [-0.2, 0) is 0 Å². The van der Waals surface area contributed by atoms with Crippen molar-refractivity contribution in [2.45, 2.75) is 16.8 Å². The second kappa shape index (κ2) is 7.11. The molecule has 1 atom stereocenters. The smallest absolute Gasteiger partial charge is 0.0762 e. The number of hydrogen-bond donors (Lipinski definition) is 1. The third kappa shape index (κ3) is 6.89.